The van der Waals surface area contributed by atoms with Gasteiger partial charge < -0.3 is 21.3 Å². The molecular formula is C14H18N4O2. The lowest BCUT2D eigenvalue weighted by Gasteiger charge is -2.22. The quantitative estimate of drug-likeness (QED) is 0.645. The van der Waals surface area contributed by atoms with Crippen molar-refractivity contribution < 1.29 is 9.59 Å². The van der Waals surface area contributed by atoms with E-state index in [0.29, 0.717) is 11.6 Å². The van der Waals surface area contributed by atoms with Crippen LogP contribution in [0.1, 0.15) is 23.2 Å². The zero-order valence-corrected chi connectivity index (χ0v) is 11.2. The Morgan fingerprint density at radius 3 is 2.80 bits per heavy atom. The number of anilines is 2. The maximum atomic E-state index is 12.2. The fraction of sp³-hybridized carbons (Fsp3) is 0.429. The third-order valence-electron chi connectivity index (χ3n) is 3.40. The molecule has 1 aromatic rings. The standard InChI is InChI=1S/C14H18N4O2/c19-12(18-9-4-5-9)8-17-14(20)10-2-1-3-11-13(10)16-7-6-15-11/h1-3,9,15-16H,4-8H2,(H,17,20)(H,18,19). The second kappa shape index (κ2) is 5.40. The van der Waals surface area contributed by atoms with Crippen molar-refractivity contribution >= 4 is 23.2 Å². The van der Waals surface area contributed by atoms with Crippen molar-refractivity contribution in [3.05, 3.63) is 23.8 Å². The van der Waals surface area contributed by atoms with E-state index in [-0.39, 0.29) is 18.4 Å². The Labute approximate surface area is 117 Å². The van der Waals surface area contributed by atoms with Gasteiger partial charge >= 0.3 is 0 Å². The van der Waals surface area contributed by atoms with Gasteiger partial charge in [-0.2, -0.15) is 0 Å². The Bertz CT molecular complexity index is 540. The summed E-state index contributed by atoms with van der Waals surface area (Å²) in [5, 5.41) is 12.0. The van der Waals surface area contributed by atoms with Crippen LogP contribution in [-0.2, 0) is 4.79 Å². The molecule has 1 aliphatic carbocycles. The molecule has 0 unspecified atom stereocenters. The Kier molecular flexibility index (Phi) is 3.45. The van der Waals surface area contributed by atoms with Crippen molar-refractivity contribution in [1.29, 1.82) is 0 Å². The maximum absolute atomic E-state index is 12.2. The molecule has 0 radical (unpaired) electrons. The number of benzene rings is 1. The van der Waals surface area contributed by atoms with Gasteiger partial charge in [0.25, 0.3) is 5.91 Å². The van der Waals surface area contributed by atoms with Crippen LogP contribution < -0.4 is 21.3 Å². The minimum absolute atomic E-state index is 0.0203. The highest BCUT2D eigenvalue weighted by Gasteiger charge is 2.23. The average molecular weight is 274 g/mol. The number of carbonyl (C=O) groups is 2. The van der Waals surface area contributed by atoms with Gasteiger partial charge in [-0.05, 0) is 25.0 Å². The van der Waals surface area contributed by atoms with Crippen LogP contribution in [0.3, 0.4) is 0 Å². The molecule has 1 aromatic carbocycles. The summed E-state index contributed by atoms with van der Waals surface area (Å²) >= 11 is 0. The summed E-state index contributed by atoms with van der Waals surface area (Å²) in [7, 11) is 0. The molecule has 0 aromatic heterocycles. The monoisotopic (exact) mass is 274 g/mol. The largest absolute Gasteiger partial charge is 0.382 e. The van der Waals surface area contributed by atoms with Crippen molar-refractivity contribution in [3.63, 3.8) is 0 Å². The van der Waals surface area contributed by atoms with Crippen LogP contribution in [0, 0.1) is 0 Å². The van der Waals surface area contributed by atoms with E-state index in [9.17, 15) is 9.59 Å². The SMILES string of the molecule is O=C(CNC(=O)c1cccc2c1NCCN2)NC1CC1. The molecule has 0 saturated heterocycles. The van der Waals surface area contributed by atoms with Gasteiger partial charge in [0.2, 0.25) is 5.91 Å². The number of carbonyl (C=O) groups excluding carboxylic acids is 2. The van der Waals surface area contributed by atoms with Gasteiger partial charge in [-0.15, -0.1) is 0 Å². The lowest BCUT2D eigenvalue weighted by atomic mass is 10.1. The van der Waals surface area contributed by atoms with E-state index in [1.165, 1.54) is 0 Å². The first-order chi connectivity index (χ1) is 9.74. The minimum atomic E-state index is -0.232. The molecule has 106 valence electrons. The summed E-state index contributed by atoms with van der Waals surface area (Å²) in [6, 6.07) is 5.83. The highest BCUT2D eigenvalue weighted by atomic mass is 16.2. The summed E-state index contributed by atoms with van der Waals surface area (Å²) in [5.74, 6) is -0.360. The van der Waals surface area contributed by atoms with Crippen molar-refractivity contribution in [2.45, 2.75) is 18.9 Å². The highest BCUT2D eigenvalue weighted by molar-refractivity contribution is 6.03. The first-order valence-corrected chi connectivity index (χ1v) is 6.92. The molecule has 3 rings (SSSR count). The predicted octanol–water partition coefficient (Wildman–Crippen LogP) is 0.532. The second-order valence-corrected chi connectivity index (χ2v) is 5.11. The van der Waals surface area contributed by atoms with Crippen LogP contribution in [0.25, 0.3) is 0 Å². The van der Waals surface area contributed by atoms with E-state index in [0.717, 1.165) is 37.3 Å². The molecule has 0 bridgehead atoms. The molecule has 20 heavy (non-hydrogen) atoms. The van der Waals surface area contributed by atoms with Gasteiger partial charge in [0, 0.05) is 19.1 Å². The van der Waals surface area contributed by atoms with Gasteiger partial charge in [0.15, 0.2) is 0 Å². The van der Waals surface area contributed by atoms with Gasteiger partial charge in [-0.1, -0.05) is 6.07 Å². The highest BCUT2D eigenvalue weighted by Crippen LogP contribution is 2.28. The minimum Gasteiger partial charge on any atom is -0.382 e. The van der Waals surface area contributed by atoms with Crippen molar-refractivity contribution in [2.24, 2.45) is 0 Å². The van der Waals surface area contributed by atoms with Gasteiger partial charge in [0.1, 0.15) is 0 Å². The van der Waals surface area contributed by atoms with Crippen LogP contribution in [0.2, 0.25) is 0 Å². The average Bonchev–Trinajstić information content (AvgIpc) is 3.28. The lowest BCUT2D eigenvalue weighted by molar-refractivity contribution is -0.120. The summed E-state index contributed by atoms with van der Waals surface area (Å²) in [6.07, 6.45) is 2.09. The van der Waals surface area contributed by atoms with E-state index in [2.05, 4.69) is 21.3 Å². The molecule has 1 aliphatic heterocycles. The summed E-state index contributed by atoms with van der Waals surface area (Å²) in [6.45, 7) is 1.63. The molecule has 6 nitrogen and oxygen atoms in total. The van der Waals surface area contributed by atoms with Crippen molar-refractivity contribution in [1.82, 2.24) is 10.6 Å². The normalized spacial score (nSPS) is 16.4. The van der Waals surface area contributed by atoms with Crippen LogP contribution in [0.5, 0.6) is 0 Å². The van der Waals surface area contributed by atoms with Crippen LogP contribution in [0.4, 0.5) is 11.4 Å². The summed E-state index contributed by atoms with van der Waals surface area (Å²) in [4.78, 5) is 23.7. The van der Waals surface area contributed by atoms with Crippen molar-refractivity contribution in [2.75, 3.05) is 30.3 Å². The Morgan fingerprint density at radius 2 is 2.00 bits per heavy atom. The van der Waals surface area contributed by atoms with Crippen LogP contribution in [0.15, 0.2) is 18.2 Å². The van der Waals surface area contributed by atoms with E-state index >= 15 is 0 Å². The Balaban J connectivity index is 1.63. The summed E-state index contributed by atoms with van der Waals surface area (Å²) < 4.78 is 0. The number of amides is 2. The number of hydrogen-bond donors (Lipinski definition) is 4. The molecule has 2 amide bonds. The van der Waals surface area contributed by atoms with Crippen LogP contribution >= 0.6 is 0 Å². The number of hydrogen-bond acceptors (Lipinski definition) is 4. The number of para-hydroxylation sites is 1. The van der Waals surface area contributed by atoms with Gasteiger partial charge in [-0.3, -0.25) is 9.59 Å². The fourth-order valence-electron chi connectivity index (χ4n) is 2.23. The van der Waals surface area contributed by atoms with E-state index in [4.69, 9.17) is 0 Å². The number of nitrogens with one attached hydrogen (secondary N) is 4. The Hall–Kier alpha value is -2.24. The van der Waals surface area contributed by atoms with E-state index in [1.54, 1.807) is 6.07 Å². The predicted molar refractivity (Wildman–Crippen MR) is 76.9 cm³/mol. The molecule has 1 heterocycles. The van der Waals surface area contributed by atoms with E-state index < -0.39 is 0 Å². The third kappa shape index (κ3) is 2.84. The van der Waals surface area contributed by atoms with E-state index in [1.807, 2.05) is 12.1 Å². The third-order valence-corrected chi connectivity index (χ3v) is 3.40. The molecule has 0 spiro atoms. The topological polar surface area (TPSA) is 82.3 Å². The summed E-state index contributed by atoms with van der Waals surface area (Å²) in [5.41, 5.74) is 2.29. The Morgan fingerprint density at radius 1 is 1.20 bits per heavy atom. The zero-order valence-electron chi connectivity index (χ0n) is 11.2. The number of rotatable bonds is 4. The molecule has 6 heteroatoms. The molecule has 0 atom stereocenters. The zero-order chi connectivity index (χ0) is 13.9. The van der Waals surface area contributed by atoms with Crippen LogP contribution in [-0.4, -0.2) is 37.5 Å². The van der Waals surface area contributed by atoms with Gasteiger partial charge in [-0.25, -0.2) is 0 Å². The molecule has 1 fully saturated rings. The molecule has 2 aliphatic rings. The maximum Gasteiger partial charge on any atom is 0.253 e. The smallest absolute Gasteiger partial charge is 0.253 e. The first kappa shape index (κ1) is 12.8. The first-order valence-electron chi connectivity index (χ1n) is 6.92. The fourth-order valence-corrected chi connectivity index (χ4v) is 2.23. The second-order valence-electron chi connectivity index (χ2n) is 5.11. The molecule has 1 saturated carbocycles. The van der Waals surface area contributed by atoms with Gasteiger partial charge in [0.05, 0.1) is 23.5 Å². The molecular weight excluding hydrogens is 256 g/mol. The molecule has 4 N–H and O–H groups in total. The number of fused-ring (bicyclic) bond motifs is 1. The lowest BCUT2D eigenvalue weighted by Crippen LogP contribution is -2.38. The van der Waals surface area contributed by atoms with Crippen molar-refractivity contribution in [3.8, 4) is 0 Å².